The maximum absolute atomic E-state index is 12.4. The quantitative estimate of drug-likeness (QED) is 0.675. The number of rotatable bonds is 7. The summed E-state index contributed by atoms with van der Waals surface area (Å²) in [5.74, 6) is 1.54. The molecule has 1 amide bonds. The summed E-state index contributed by atoms with van der Waals surface area (Å²) in [4.78, 5) is 12.4. The van der Waals surface area contributed by atoms with Crippen LogP contribution in [-0.2, 0) is 17.9 Å². The van der Waals surface area contributed by atoms with Gasteiger partial charge >= 0.3 is 0 Å². The van der Waals surface area contributed by atoms with Gasteiger partial charge in [0.1, 0.15) is 18.9 Å². The first-order chi connectivity index (χ1) is 14.1. The Balaban J connectivity index is 1.31. The number of fused-ring (bicyclic) bond motifs is 3. The zero-order valence-electron chi connectivity index (χ0n) is 17.0. The number of amides is 1. The highest BCUT2D eigenvalue weighted by atomic mass is 35.5. The number of ether oxygens (including phenoxy) is 1. The van der Waals surface area contributed by atoms with Crippen LogP contribution < -0.4 is 15.4 Å². The van der Waals surface area contributed by atoms with E-state index in [4.69, 9.17) is 16.3 Å². The minimum atomic E-state index is -0.0402. The predicted octanol–water partition coefficient (Wildman–Crippen LogP) is 3.69. The molecule has 1 aromatic carbocycles. The van der Waals surface area contributed by atoms with E-state index in [1.807, 2.05) is 19.1 Å². The molecule has 2 N–H and O–H groups in total. The van der Waals surface area contributed by atoms with Crippen LogP contribution in [0.1, 0.15) is 43.2 Å². The molecule has 0 radical (unpaired) electrons. The van der Waals surface area contributed by atoms with Crippen LogP contribution in [0, 0.1) is 12.8 Å². The van der Waals surface area contributed by atoms with Crippen LogP contribution in [-0.4, -0.2) is 35.3 Å². The first-order valence-electron chi connectivity index (χ1n) is 10.6. The van der Waals surface area contributed by atoms with Crippen molar-refractivity contribution in [2.24, 2.45) is 5.92 Å². The fraction of sp³-hybridized carbons (Fsp3) is 0.545. The smallest absolute Gasteiger partial charge is 0.241 e. The van der Waals surface area contributed by atoms with E-state index < -0.39 is 0 Å². The first kappa shape index (κ1) is 20.2. The van der Waals surface area contributed by atoms with Crippen molar-refractivity contribution >= 4 is 17.5 Å². The van der Waals surface area contributed by atoms with Crippen molar-refractivity contribution in [2.75, 3.05) is 19.6 Å². The molecule has 29 heavy (non-hydrogen) atoms. The Hall–Kier alpha value is -2.05. The second kappa shape index (κ2) is 9.18. The van der Waals surface area contributed by atoms with E-state index in [0.717, 1.165) is 47.1 Å². The molecule has 0 spiro atoms. The molecule has 0 unspecified atom stereocenters. The minimum Gasteiger partial charge on any atom is -0.488 e. The number of hydrogen-bond acceptors (Lipinski definition) is 4. The number of nitrogens with one attached hydrogen (secondary N) is 2. The Morgan fingerprint density at radius 1 is 1.28 bits per heavy atom. The highest BCUT2D eigenvalue weighted by molar-refractivity contribution is 6.31. The van der Waals surface area contributed by atoms with Crippen LogP contribution in [0.2, 0.25) is 5.02 Å². The first-order valence-corrected chi connectivity index (χ1v) is 10.9. The molecule has 1 aliphatic carbocycles. The van der Waals surface area contributed by atoms with E-state index in [0.29, 0.717) is 18.2 Å². The topological polar surface area (TPSA) is 68.2 Å². The van der Waals surface area contributed by atoms with Crippen LogP contribution in [0.3, 0.4) is 0 Å². The van der Waals surface area contributed by atoms with E-state index in [-0.39, 0.29) is 12.5 Å². The van der Waals surface area contributed by atoms with Gasteiger partial charge in [-0.25, -0.2) is 0 Å². The maximum Gasteiger partial charge on any atom is 0.241 e. The number of halogens is 1. The Morgan fingerprint density at radius 2 is 2.10 bits per heavy atom. The molecule has 2 aliphatic rings. The lowest BCUT2D eigenvalue weighted by molar-refractivity contribution is -0.121. The van der Waals surface area contributed by atoms with Gasteiger partial charge < -0.3 is 15.4 Å². The van der Waals surface area contributed by atoms with E-state index >= 15 is 0 Å². The van der Waals surface area contributed by atoms with Gasteiger partial charge in [0.05, 0.1) is 11.9 Å². The zero-order chi connectivity index (χ0) is 20.2. The largest absolute Gasteiger partial charge is 0.488 e. The molecule has 1 fully saturated rings. The van der Waals surface area contributed by atoms with Crippen molar-refractivity contribution in [1.29, 1.82) is 0 Å². The molecule has 2 heterocycles. The monoisotopic (exact) mass is 416 g/mol. The van der Waals surface area contributed by atoms with Crippen LogP contribution in [0.25, 0.3) is 11.3 Å². The molecule has 0 atom stereocenters. The van der Waals surface area contributed by atoms with Gasteiger partial charge in [-0.15, -0.1) is 0 Å². The normalized spacial score (nSPS) is 16.1. The van der Waals surface area contributed by atoms with Crippen molar-refractivity contribution in [2.45, 2.75) is 52.2 Å². The molecular formula is C22H29ClN4O2. The van der Waals surface area contributed by atoms with Crippen molar-refractivity contribution in [3.63, 3.8) is 0 Å². The molecule has 0 saturated heterocycles. The Bertz CT molecular complexity index is 874. The summed E-state index contributed by atoms with van der Waals surface area (Å²) >= 11 is 6.32. The number of nitrogens with zero attached hydrogens (tertiary/aromatic N) is 2. The van der Waals surface area contributed by atoms with Gasteiger partial charge in [-0.2, -0.15) is 5.10 Å². The predicted molar refractivity (Wildman–Crippen MR) is 114 cm³/mol. The van der Waals surface area contributed by atoms with Crippen molar-refractivity contribution in [1.82, 2.24) is 20.4 Å². The average molecular weight is 417 g/mol. The summed E-state index contributed by atoms with van der Waals surface area (Å²) < 4.78 is 7.57. The Kier molecular flexibility index (Phi) is 6.40. The van der Waals surface area contributed by atoms with Crippen molar-refractivity contribution < 1.29 is 9.53 Å². The minimum absolute atomic E-state index is 0.0402. The molecular weight excluding hydrogens is 388 g/mol. The second-order valence-electron chi connectivity index (χ2n) is 8.12. The van der Waals surface area contributed by atoms with E-state index in [2.05, 4.69) is 15.7 Å². The van der Waals surface area contributed by atoms with Crippen LogP contribution in [0.15, 0.2) is 18.3 Å². The molecule has 2 aromatic rings. The van der Waals surface area contributed by atoms with E-state index in [1.54, 1.807) is 10.9 Å². The summed E-state index contributed by atoms with van der Waals surface area (Å²) in [6, 6.07) is 3.84. The van der Waals surface area contributed by atoms with Gasteiger partial charge in [-0.3, -0.25) is 9.48 Å². The Labute approximate surface area is 177 Å². The number of aryl methyl sites for hydroxylation is 1. The molecule has 4 rings (SSSR count). The van der Waals surface area contributed by atoms with Crippen LogP contribution in [0.4, 0.5) is 0 Å². The number of hydrogen-bond donors (Lipinski definition) is 2. The van der Waals surface area contributed by atoms with Crippen molar-refractivity contribution in [3.8, 4) is 17.0 Å². The number of aromatic nitrogens is 2. The molecule has 7 heteroatoms. The lowest BCUT2D eigenvalue weighted by Gasteiger charge is -2.22. The lowest BCUT2D eigenvalue weighted by Crippen LogP contribution is -2.36. The summed E-state index contributed by atoms with van der Waals surface area (Å²) in [6.45, 7) is 5.07. The summed E-state index contributed by atoms with van der Waals surface area (Å²) in [7, 11) is 0. The fourth-order valence-electron chi connectivity index (χ4n) is 4.26. The molecule has 1 aliphatic heterocycles. The van der Waals surface area contributed by atoms with Gasteiger partial charge in [-0.1, -0.05) is 30.9 Å². The fourth-order valence-corrected chi connectivity index (χ4v) is 4.42. The molecule has 0 bridgehead atoms. The molecule has 1 aromatic heterocycles. The molecule has 156 valence electrons. The third-order valence-corrected chi connectivity index (χ3v) is 6.30. The number of benzene rings is 1. The second-order valence-corrected chi connectivity index (χ2v) is 8.53. The standard InChI is InChI=1S/C22H29ClN4O2/c1-15-9-20-18(10-19(15)23)22-17(14-29-20)12-26-27(22)13-21(28)25-8-7-24-11-16-5-3-2-4-6-16/h9-10,12,16,24H,2-8,11,13-14H2,1H3,(H,25,28). The van der Waals surface area contributed by atoms with Crippen LogP contribution >= 0.6 is 11.6 Å². The van der Waals surface area contributed by atoms with Gasteiger partial charge in [0, 0.05) is 29.2 Å². The lowest BCUT2D eigenvalue weighted by atomic mass is 9.89. The molecule has 6 nitrogen and oxygen atoms in total. The van der Waals surface area contributed by atoms with Gasteiger partial charge in [0.15, 0.2) is 0 Å². The third-order valence-electron chi connectivity index (χ3n) is 5.89. The third kappa shape index (κ3) is 4.75. The highest BCUT2D eigenvalue weighted by Crippen LogP contribution is 2.40. The van der Waals surface area contributed by atoms with Crippen LogP contribution in [0.5, 0.6) is 5.75 Å². The SMILES string of the molecule is Cc1cc2c(cc1Cl)-c1c(cnn1CC(=O)NCCNCC1CCCCC1)CO2. The van der Waals surface area contributed by atoms with Gasteiger partial charge in [-0.05, 0) is 49.9 Å². The molecule has 1 saturated carbocycles. The Morgan fingerprint density at radius 3 is 2.93 bits per heavy atom. The van der Waals surface area contributed by atoms with E-state index in [9.17, 15) is 4.79 Å². The van der Waals surface area contributed by atoms with Gasteiger partial charge in [0.25, 0.3) is 0 Å². The summed E-state index contributed by atoms with van der Waals surface area (Å²) in [6.07, 6.45) is 8.53. The summed E-state index contributed by atoms with van der Waals surface area (Å²) in [5.41, 5.74) is 3.75. The maximum atomic E-state index is 12.4. The highest BCUT2D eigenvalue weighted by Gasteiger charge is 2.24. The number of carbonyl (C=O) groups excluding carboxylic acids is 1. The zero-order valence-corrected chi connectivity index (χ0v) is 17.7. The van der Waals surface area contributed by atoms with Gasteiger partial charge in [0.2, 0.25) is 5.91 Å². The van der Waals surface area contributed by atoms with Crippen molar-refractivity contribution in [3.05, 3.63) is 34.5 Å². The number of carbonyl (C=O) groups is 1. The van der Waals surface area contributed by atoms with E-state index in [1.165, 1.54) is 32.1 Å². The summed E-state index contributed by atoms with van der Waals surface area (Å²) in [5, 5.41) is 11.6. The average Bonchev–Trinajstić information content (AvgIpc) is 3.12.